The number of aryl methyl sites for hydroxylation is 1. The first-order valence-electron chi connectivity index (χ1n) is 3.33. The maximum Gasteiger partial charge on any atom is 0.219 e. The van der Waals surface area contributed by atoms with Gasteiger partial charge < -0.3 is 4.74 Å². The van der Waals surface area contributed by atoms with E-state index in [1.807, 2.05) is 6.92 Å². The van der Waals surface area contributed by atoms with Gasteiger partial charge in [-0.3, -0.25) is 0 Å². The Morgan fingerprint density at radius 2 is 2.09 bits per heavy atom. The van der Waals surface area contributed by atoms with Crippen LogP contribution in [0.15, 0.2) is 6.07 Å². The predicted molar refractivity (Wildman–Crippen MR) is 40.2 cm³/mol. The van der Waals surface area contributed by atoms with Crippen LogP contribution < -0.4 is 4.74 Å². The second-order valence-electron chi connectivity index (χ2n) is 2.40. The van der Waals surface area contributed by atoms with Crippen molar-refractivity contribution >= 4 is 0 Å². The number of methoxy groups -OCH3 is 1. The summed E-state index contributed by atoms with van der Waals surface area (Å²) in [6, 6.07) is 1.71. The van der Waals surface area contributed by atoms with Crippen LogP contribution in [0.2, 0.25) is 0 Å². The highest BCUT2D eigenvalue weighted by molar-refractivity contribution is 5.27. The largest absolute Gasteiger partial charge is 0.481 e. The lowest BCUT2D eigenvalue weighted by atomic mass is 10.2. The minimum Gasteiger partial charge on any atom is -0.481 e. The Morgan fingerprint density at radius 1 is 1.45 bits per heavy atom. The molecule has 0 aliphatic rings. The van der Waals surface area contributed by atoms with Gasteiger partial charge in [0.25, 0.3) is 0 Å². The lowest BCUT2D eigenvalue weighted by Crippen LogP contribution is -1.95. The second-order valence-corrected chi connectivity index (χ2v) is 2.40. The average Bonchev–Trinajstić information content (AvgIpc) is 1.99. The third-order valence-electron chi connectivity index (χ3n) is 1.66. The highest BCUT2D eigenvalue weighted by Gasteiger charge is 2.04. The minimum absolute atomic E-state index is 0.325. The molecule has 60 valence electrons. The van der Waals surface area contributed by atoms with Crippen molar-refractivity contribution in [2.75, 3.05) is 7.11 Å². The molecule has 0 aromatic carbocycles. The van der Waals surface area contributed by atoms with E-state index in [1.54, 1.807) is 13.0 Å². The Bertz CT molecular complexity index is 250. The van der Waals surface area contributed by atoms with Gasteiger partial charge in [0.2, 0.25) is 11.8 Å². The summed E-state index contributed by atoms with van der Waals surface area (Å²) >= 11 is 0. The summed E-state index contributed by atoms with van der Waals surface area (Å²) < 4.78 is 17.6. The van der Waals surface area contributed by atoms with Crippen molar-refractivity contribution in [3.05, 3.63) is 23.1 Å². The fraction of sp³-hybridized carbons (Fsp3) is 0.375. The van der Waals surface area contributed by atoms with Gasteiger partial charge >= 0.3 is 0 Å². The van der Waals surface area contributed by atoms with E-state index < -0.39 is 5.95 Å². The monoisotopic (exact) mass is 155 g/mol. The predicted octanol–water partition coefficient (Wildman–Crippen LogP) is 1.85. The molecular weight excluding hydrogens is 145 g/mol. The number of aromatic nitrogens is 1. The molecule has 0 aliphatic carbocycles. The first-order chi connectivity index (χ1) is 5.15. The first kappa shape index (κ1) is 7.98. The lowest BCUT2D eigenvalue weighted by molar-refractivity contribution is 0.386. The molecule has 1 aromatic rings. The summed E-state index contributed by atoms with van der Waals surface area (Å²) in [5.74, 6) is -0.132. The Balaban J connectivity index is 3.21. The molecule has 1 rings (SSSR count). The molecule has 2 nitrogen and oxygen atoms in total. The smallest absolute Gasteiger partial charge is 0.219 e. The summed E-state index contributed by atoms with van der Waals surface area (Å²) in [6.45, 7) is 3.51. The molecule has 3 heteroatoms. The molecule has 0 fully saturated rings. The van der Waals surface area contributed by atoms with Crippen molar-refractivity contribution in [2.24, 2.45) is 0 Å². The number of nitrogens with zero attached hydrogens (tertiary/aromatic N) is 1. The van der Waals surface area contributed by atoms with Gasteiger partial charge in [-0.15, -0.1) is 0 Å². The number of halogens is 1. The van der Waals surface area contributed by atoms with Crippen LogP contribution in [0.1, 0.15) is 11.1 Å². The molecule has 11 heavy (non-hydrogen) atoms. The van der Waals surface area contributed by atoms with E-state index in [1.165, 1.54) is 7.11 Å². The van der Waals surface area contributed by atoms with Gasteiger partial charge in [-0.2, -0.15) is 9.37 Å². The zero-order valence-electron chi connectivity index (χ0n) is 6.81. The highest BCUT2D eigenvalue weighted by atomic mass is 19.1. The van der Waals surface area contributed by atoms with Crippen molar-refractivity contribution in [2.45, 2.75) is 13.8 Å². The van der Waals surface area contributed by atoms with E-state index >= 15 is 0 Å². The fourth-order valence-corrected chi connectivity index (χ4v) is 0.774. The number of ether oxygens (including phenoxy) is 1. The van der Waals surface area contributed by atoms with Gasteiger partial charge in [-0.1, -0.05) is 0 Å². The van der Waals surface area contributed by atoms with Crippen LogP contribution in [0.25, 0.3) is 0 Å². The van der Waals surface area contributed by atoms with Gasteiger partial charge in [0.15, 0.2) is 0 Å². The van der Waals surface area contributed by atoms with E-state index in [-0.39, 0.29) is 0 Å². The Kier molecular flexibility index (Phi) is 2.08. The van der Waals surface area contributed by atoms with E-state index in [9.17, 15) is 4.39 Å². The lowest BCUT2D eigenvalue weighted by Gasteiger charge is -2.03. The third-order valence-corrected chi connectivity index (χ3v) is 1.66. The molecular formula is C8H10FNO. The van der Waals surface area contributed by atoms with Gasteiger partial charge in [-0.25, -0.2) is 0 Å². The average molecular weight is 155 g/mol. The number of hydrogen-bond acceptors (Lipinski definition) is 2. The molecule has 0 bridgehead atoms. The SMILES string of the molecule is COc1cc(C)c(C)c(F)n1. The van der Waals surface area contributed by atoms with E-state index in [0.29, 0.717) is 11.4 Å². The van der Waals surface area contributed by atoms with Crippen LogP contribution in [0.4, 0.5) is 4.39 Å². The zero-order chi connectivity index (χ0) is 8.43. The summed E-state index contributed by atoms with van der Waals surface area (Å²) in [5.41, 5.74) is 1.43. The maximum atomic E-state index is 12.8. The molecule has 0 saturated carbocycles. The van der Waals surface area contributed by atoms with Crippen LogP contribution in [-0.2, 0) is 0 Å². The van der Waals surface area contributed by atoms with E-state index in [4.69, 9.17) is 4.74 Å². The van der Waals surface area contributed by atoms with Gasteiger partial charge in [0.05, 0.1) is 7.11 Å². The summed E-state index contributed by atoms with van der Waals surface area (Å²) in [4.78, 5) is 3.56. The molecule has 0 unspecified atom stereocenters. The second kappa shape index (κ2) is 2.86. The topological polar surface area (TPSA) is 22.1 Å². The maximum absolute atomic E-state index is 12.8. The molecule has 1 aromatic heterocycles. The molecule has 0 aliphatic heterocycles. The van der Waals surface area contributed by atoms with Crippen LogP contribution in [0.5, 0.6) is 5.88 Å². The van der Waals surface area contributed by atoms with Gasteiger partial charge in [0, 0.05) is 11.6 Å². The van der Waals surface area contributed by atoms with Crippen molar-refractivity contribution < 1.29 is 9.13 Å². The van der Waals surface area contributed by atoms with Crippen LogP contribution >= 0.6 is 0 Å². The molecule has 0 atom stereocenters. The molecule has 0 N–H and O–H groups in total. The normalized spacial score (nSPS) is 9.82. The van der Waals surface area contributed by atoms with Crippen molar-refractivity contribution in [1.29, 1.82) is 0 Å². The third kappa shape index (κ3) is 1.48. The highest BCUT2D eigenvalue weighted by Crippen LogP contribution is 2.15. The van der Waals surface area contributed by atoms with Crippen LogP contribution in [-0.4, -0.2) is 12.1 Å². The Hall–Kier alpha value is -1.12. The first-order valence-corrected chi connectivity index (χ1v) is 3.33. The van der Waals surface area contributed by atoms with Crippen molar-refractivity contribution in [1.82, 2.24) is 4.98 Å². The Morgan fingerprint density at radius 3 is 2.55 bits per heavy atom. The molecule has 0 saturated heterocycles. The van der Waals surface area contributed by atoms with Gasteiger partial charge in [-0.05, 0) is 19.4 Å². The summed E-state index contributed by atoms with van der Waals surface area (Å²) in [5, 5.41) is 0. The van der Waals surface area contributed by atoms with Gasteiger partial charge in [0.1, 0.15) is 0 Å². The fourth-order valence-electron chi connectivity index (χ4n) is 0.774. The standard InChI is InChI=1S/C8H10FNO/c1-5-4-7(11-3)10-8(9)6(5)2/h4H,1-3H3. The van der Waals surface area contributed by atoms with Crippen molar-refractivity contribution in [3.8, 4) is 5.88 Å². The van der Waals surface area contributed by atoms with E-state index in [2.05, 4.69) is 4.98 Å². The minimum atomic E-state index is -0.457. The Labute approximate surface area is 65.0 Å². The number of hydrogen-bond donors (Lipinski definition) is 0. The number of pyridine rings is 1. The van der Waals surface area contributed by atoms with Crippen LogP contribution in [0.3, 0.4) is 0 Å². The molecule has 0 amide bonds. The van der Waals surface area contributed by atoms with Crippen LogP contribution in [0, 0.1) is 19.8 Å². The summed E-state index contributed by atoms with van der Waals surface area (Å²) in [6.07, 6.45) is 0. The molecule has 1 heterocycles. The quantitative estimate of drug-likeness (QED) is 0.577. The zero-order valence-corrected chi connectivity index (χ0v) is 6.81. The number of rotatable bonds is 1. The molecule has 0 radical (unpaired) electrons. The van der Waals surface area contributed by atoms with E-state index in [0.717, 1.165) is 5.56 Å². The molecule has 0 spiro atoms. The summed E-state index contributed by atoms with van der Waals surface area (Å²) in [7, 11) is 1.47. The van der Waals surface area contributed by atoms with Crippen molar-refractivity contribution in [3.63, 3.8) is 0 Å².